The molecule has 1 aliphatic carbocycles. The van der Waals surface area contributed by atoms with Crippen LogP contribution in [0.2, 0.25) is 0 Å². The zero-order chi connectivity index (χ0) is 22.9. The molecule has 5 N–H and O–H groups in total. The van der Waals surface area contributed by atoms with Crippen molar-refractivity contribution in [2.24, 2.45) is 10.9 Å². The summed E-state index contributed by atoms with van der Waals surface area (Å²) in [5.41, 5.74) is 2.06. The summed E-state index contributed by atoms with van der Waals surface area (Å²) in [5, 5.41) is 20.8. The van der Waals surface area contributed by atoms with Crippen LogP contribution >= 0.6 is 0 Å². The molecule has 1 saturated carbocycles. The number of aromatic hydroxyl groups is 1. The number of hydrogen-bond donors (Lipinski definition) is 5. The second-order valence-electron chi connectivity index (χ2n) is 7.89. The van der Waals surface area contributed by atoms with Gasteiger partial charge >= 0.3 is 5.69 Å². The summed E-state index contributed by atoms with van der Waals surface area (Å²) < 4.78 is 1.63. The molecule has 11 heteroatoms. The second-order valence-corrected chi connectivity index (χ2v) is 7.89. The van der Waals surface area contributed by atoms with Crippen molar-refractivity contribution in [1.29, 1.82) is 0 Å². The fourth-order valence-corrected chi connectivity index (χ4v) is 3.44. The van der Waals surface area contributed by atoms with Gasteiger partial charge in [0.1, 0.15) is 11.5 Å². The summed E-state index contributed by atoms with van der Waals surface area (Å²) in [6, 6.07) is 8.88. The molecule has 168 valence electrons. The van der Waals surface area contributed by atoms with E-state index in [2.05, 4.69) is 30.7 Å². The third kappa shape index (κ3) is 4.33. The number of rotatable bonds is 6. The lowest BCUT2D eigenvalue weighted by atomic mass is 10.2. The third-order valence-corrected chi connectivity index (χ3v) is 5.35. The Kier molecular flexibility index (Phi) is 5.13. The molecule has 4 aromatic rings. The van der Waals surface area contributed by atoms with E-state index in [1.54, 1.807) is 48.1 Å². The number of nitrogens with zero attached hydrogens (tertiary/aromatic N) is 4. The lowest BCUT2D eigenvalue weighted by Crippen LogP contribution is -2.20. The summed E-state index contributed by atoms with van der Waals surface area (Å²) in [6.45, 7) is 0.704. The second kappa shape index (κ2) is 8.26. The molecule has 1 amide bonds. The normalized spacial score (nSPS) is 14.7. The van der Waals surface area contributed by atoms with Gasteiger partial charge in [-0.2, -0.15) is 9.61 Å². The summed E-state index contributed by atoms with van der Waals surface area (Å²) in [5.74, 6) is 0.666. The average molecular weight is 446 g/mol. The van der Waals surface area contributed by atoms with Gasteiger partial charge in [0.05, 0.1) is 6.20 Å². The highest BCUT2D eigenvalue weighted by Crippen LogP contribution is 2.28. The highest BCUT2D eigenvalue weighted by atomic mass is 16.3. The standard InChI is InChI=1S/C22H22N8O3/c1-23-20(31)13-3-2-4-15(7-13)26-17-9-18(24-10-12-5-6-12)30-19(28-17)14(11-25-30)8-16-21(32)29-22(33)27-16/h2-4,7-9,11-12,26,32H,5-6,10H2,1H3,(H,23,31)(H2,27,29,33)/b14-8-,24-18?. The number of amides is 1. The van der Waals surface area contributed by atoms with Crippen molar-refractivity contribution in [2.45, 2.75) is 12.8 Å². The highest BCUT2D eigenvalue weighted by Gasteiger charge is 2.20. The first-order valence-electron chi connectivity index (χ1n) is 10.5. The Labute approximate surface area is 186 Å². The molecule has 0 spiro atoms. The van der Waals surface area contributed by atoms with Crippen LogP contribution in [0.15, 0.2) is 46.3 Å². The number of H-pyrrole nitrogens is 2. The number of carbonyl (C=O) groups is 1. The highest BCUT2D eigenvalue weighted by molar-refractivity contribution is 5.95. The van der Waals surface area contributed by atoms with Crippen LogP contribution in [0.4, 0.5) is 11.5 Å². The maximum Gasteiger partial charge on any atom is 0.326 e. The van der Waals surface area contributed by atoms with Gasteiger partial charge in [-0.15, -0.1) is 0 Å². The van der Waals surface area contributed by atoms with Crippen LogP contribution in [-0.2, 0) is 0 Å². The van der Waals surface area contributed by atoms with Crippen LogP contribution in [-0.4, -0.2) is 49.2 Å². The molecule has 1 fully saturated rings. The van der Waals surface area contributed by atoms with Crippen molar-refractivity contribution in [3.05, 3.63) is 69.0 Å². The third-order valence-electron chi connectivity index (χ3n) is 5.35. The van der Waals surface area contributed by atoms with Gasteiger partial charge in [0.2, 0.25) is 5.88 Å². The van der Waals surface area contributed by atoms with Crippen molar-refractivity contribution in [3.63, 3.8) is 0 Å². The fourth-order valence-electron chi connectivity index (χ4n) is 3.44. The number of fused-ring (bicyclic) bond motifs is 1. The molecule has 3 heterocycles. The van der Waals surface area contributed by atoms with Crippen LogP contribution in [0.25, 0.3) is 11.7 Å². The van der Waals surface area contributed by atoms with Crippen LogP contribution in [0.5, 0.6) is 5.88 Å². The molecule has 33 heavy (non-hydrogen) atoms. The maximum absolute atomic E-state index is 12.0. The molecule has 1 aromatic carbocycles. The Hall–Kier alpha value is -4.41. The summed E-state index contributed by atoms with van der Waals surface area (Å²) in [6.07, 6.45) is 5.53. The van der Waals surface area contributed by atoms with Crippen molar-refractivity contribution >= 4 is 29.1 Å². The van der Waals surface area contributed by atoms with E-state index in [4.69, 9.17) is 4.99 Å². The SMILES string of the molecule is CNC(=O)c1cccc(Nc2cc(=NCC3CC3)n3nc/c(=C/c4[nH]c(=O)[nH]c4O)c3n2)c1. The molecule has 0 saturated heterocycles. The number of carbonyl (C=O) groups excluding carboxylic acids is 1. The Morgan fingerprint density at radius 3 is 2.91 bits per heavy atom. The van der Waals surface area contributed by atoms with Crippen molar-refractivity contribution < 1.29 is 9.90 Å². The van der Waals surface area contributed by atoms with Crippen LogP contribution in [0.1, 0.15) is 28.9 Å². The van der Waals surface area contributed by atoms with E-state index in [1.807, 2.05) is 6.07 Å². The number of aromatic amines is 2. The minimum absolute atomic E-state index is 0.185. The molecule has 0 unspecified atom stereocenters. The molecule has 5 rings (SSSR count). The van der Waals surface area contributed by atoms with Gasteiger partial charge in [0, 0.05) is 36.1 Å². The Morgan fingerprint density at radius 1 is 1.33 bits per heavy atom. The quantitative estimate of drug-likeness (QED) is 0.289. The summed E-state index contributed by atoms with van der Waals surface area (Å²) >= 11 is 0. The molecule has 0 radical (unpaired) electrons. The monoisotopic (exact) mass is 446 g/mol. The molecule has 1 aliphatic rings. The molecule has 0 atom stereocenters. The van der Waals surface area contributed by atoms with Crippen LogP contribution in [0.3, 0.4) is 0 Å². The van der Waals surface area contributed by atoms with Crippen molar-refractivity contribution in [1.82, 2.24) is 29.9 Å². The minimum atomic E-state index is -0.512. The maximum atomic E-state index is 12.0. The van der Waals surface area contributed by atoms with E-state index in [-0.39, 0.29) is 17.5 Å². The van der Waals surface area contributed by atoms with Crippen molar-refractivity contribution in [2.75, 3.05) is 18.9 Å². The Morgan fingerprint density at radius 2 is 2.18 bits per heavy atom. The lowest BCUT2D eigenvalue weighted by Gasteiger charge is -2.08. The first-order valence-corrected chi connectivity index (χ1v) is 10.5. The Bertz CT molecular complexity index is 1530. The predicted octanol–water partition coefficient (Wildman–Crippen LogP) is 0.413. The van der Waals surface area contributed by atoms with E-state index >= 15 is 0 Å². The number of aromatic nitrogens is 5. The topological polar surface area (TPSA) is 153 Å². The van der Waals surface area contributed by atoms with Crippen LogP contribution in [0, 0.1) is 5.92 Å². The largest absolute Gasteiger partial charge is 0.493 e. The van der Waals surface area contributed by atoms with Gasteiger partial charge < -0.3 is 20.7 Å². The van der Waals surface area contributed by atoms with Gasteiger partial charge in [0.25, 0.3) is 5.91 Å². The summed E-state index contributed by atoms with van der Waals surface area (Å²) in [7, 11) is 1.58. The molecule has 0 aliphatic heterocycles. The number of anilines is 2. The van der Waals surface area contributed by atoms with Gasteiger partial charge in [-0.25, -0.2) is 9.78 Å². The molecular formula is C22H22N8O3. The number of hydrogen-bond acceptors (Lipinski definition) is 7. The molecular weight excluding hydrogens is 424 g/mol. The van der Waals surface area contributed by atoms with Gasteiger partial charge in [-0.05, 0) is 43.0 Å². The summed E-state index contributed by atoms with van der Waals surface area (Å²) in [4.78, 5) is 37.7. The number of nitrogens with one attached hydrogen (secondary N) is 4. The zero-order valence-corrected chi connectivity index (χ0v) is 17.8. The smallest absolute Gasteiger partial charge is 0.326 e. The number of imidazole rings is 1. The lowest BCUT2D eigenvalue weighted by molar-refractivity contribution is 0.0963. The number of benzene rings is 1. The van der Waals surface area contributed by atoms with E-state index in [0.717, 1.165) is 0 Å². The van der Waals surface area contributed by atoms with E-state index in [0.29, 0.717) is 45.9 Å². The van der Waals surface area contributed by atoms with E-state index < -0.39 is 5.69 Å². The Balaban J connectivity index is 1.61. The first-order chi connectivity index (χ1) is 16.0. The van der Waals surface area contributed by atoms with Gasteiger partial charge in [-0.3, -0.25) is 14.8 Å². The van der Waals surface area contributed by atoms with Gasteiger partial charge in [-0.1, -0.05) is 6.07 Å². The van der Waals surface area contributed by atoms with Crippen molar-refractivity contribution in [3.8, 4) is 5.88 Å². The molecule has 11 nitrogen and oxygen atoms in total. The molecule has 3 aromatic heterocycles. The molecule has 0 bridgehead atoms. The van der Waals surface area contributed by atoms with Crippen LogP contribution < -0.4 is 27.0 Å². The minimum Gasteiger partial charge on any atom is -0.493 e. The zero-order valence-electron chi connectivity index (χ0n) is 17.8. The predicted molar refractivity (Wildman–Crippen MR) is 121 cm³/mol. The van der Waals surface area contributed by atoms with E-state index in [9.17, 15) is 14.7 Å². The first kappa shape index (κ1) is 20.5. The average Bonchev–Trinajstić information content (AvgIpc) is 3.47. The van der Waals surface area contributed by atoms with E-state index in [1.165, 1.54) is 12.8 Å². The fraction of sp³-hybridized carbons (Fsp3) is 0.227. The van der Waals surface area contributed by atoms with Gasteiger partial charge in [0.15, 0.2) is 11.1 Å².